The van der Waals surface area contributed by atoms with E-state index in [2.05, 4.69) is 73.6 Å². The molecule has 0 saturated carbocycles. The van der Waals surface area contributed by atoms with Gasteiger partial charge in [0.1, 0.15) is 11.6 Å². The number of hydrogen-bond acceptors (Lipinski definition) is 6. The highest BCUT2D eigenvalue weighted by Crippen LogP contribution is 2.39. The summed E-state index contributed by atoms with van der Waals surface area (Å²) < 4.78 is 15.0. The summed E-state index contributed by atoms with van der Waals surface area (Å²) in [5.41, 5.74) is 9.12. The molecule has 0 saturated heterocycles. The molecule has 4 rings (SSSR count). The highest BCUT2D eigenvalue weighted by atomic mass is 79.9. The Morgan fingerprint density at radius 2 is 1.85 bits per heavy atom. The van der Waals surface area contributed by atoms with E-state index in [1.807, 2.05) is 39.1 Å². The van der Waals surface area contributed by atoms with Gasteiger partial charge in [-0.2, -0.15) is 5.10 Å². The van der Waals surface area contributed by atoms with Gasteiger partial charge >= 0.3 is 5.91 Å². The number of hydrazine groups is 1. The largest absolute Gasteiger partial charge is 0.425 e. The topological polar surface area (TPSA) is 94.2 Å². The van der Waals surface area contributed by atoms with E-state index in [4.69, 9.17) is 9.15 Å². The van der Waals surface area contributed by atoms with Crippen molar-refractivity contribution in [1.29, 1.82) is 0 Å². The second-order valence-electron chi connectivity index (χ2n) is 9.04. The number of carbonyl (C=O) groups excluding carboxylic acids is 1. The van der Waals surface area contributed by atoms with Crippen LogP contribution in [0.4, 0.5) is 5.82 Å². The van der Waals surface area contributed by atoms with E-state index >= 15 is 0 Å². The molecule has 4 aromatic rings. The van der Waals surface area contributed by atoms with Crippen LogP contribution in [0.3, 0.4) is 0 Å². The van der Waals surface area contributed by atoms with Crippen LogP contribution in [0.25, 0.3) is 11.0 Å². The van der Waals surface area contributed by atoms with Crippen molar-refractivity contribution in [3.63, 3.8) is 0 Å². The van der Waals surface area contributed by atoms with Gasteiger partial charge in [-0.3, -0.25) is 20.3 Å². The highest BCUT2D eigenvalue weighted by Gasteiger charge is 2.21. The molecule has 0 aliphatic carbocycles. The molecule has 0 unspecified atom stereocenters. The zero-order valence-electron chi connectivity index (χ0n) is 19.7. The van der Waals surface area contributed by atoms with Crippen molar-refractivity contribution in [2.24, 2.45) is 7.05 Å². The number of carbonyl (C=O) groups is 1. The van der Waals surface area contributed by atoms with E-state index < -0.39 is 5.91 Å². The quantitative estimate of drug-likeness (QED) is 0.256. The number of furan rings is 1. The number of rotatable bonds is 5. The lowest BCUT2D eigenvalue weighted by Crippen LogP contribution is -2.29. The van der Waals surface area contributed by atoms with Gasteiger partial charge in [-0.05, 0) is 70.6 Å². The van der Waals surface area contributed by atoms with Crippen molar-refractivity contribution in [2.45, 2.75) is 40.0 Å². The summed E-state index contributed by atoms with van der Waals surface area (Å²) in [6, 6.07) is 8.89. The number of ether oxygens (including phenoxy) is 1. The van der Waals surface area contributed by atoms with Gasteiger partial charge in [-0.25, -0.2) is 4.98 Å². The van der Waals surface area contributed by atoms with Crippen molar-refractivity contribution < 1.29 is 13.9 Å². The first kappa shape index (κ1) is 24.3. The number of aromatic nitrogens is 3. The average Bonchev–Trinajstić information content (AvgIpc) is 3.32. The van der Waals surface area contributed by atoms with Gasteiger partial charge in [0.05, 0.1) is 10.2 Å². The Morgan fingerprint density at radius 1 is 1.12 bits per heavy atom. The van der Waals surface area contributed by atoms with Crippen LogP contribution in [-0.4, -0.2) is 20.7 Å². The van der Waals surface area contributed by atoms with E-state index in [1.54, 1.807) is 16.8 Å². The molecule has 1 amide bonds. The summed E-state index contributed by atoms with van der Waals surface area (Å²) in [5, 5.41) is 5.41. The lowest BCUT2D eigenvalue weighted by atomic mass is 9.87. The number of halogens is 2. The van der Waals surface area contributed by atoms with Crippen LogP contribution in [0.5, 0.6) is 11.7 Å². The third-order valence-electron chi connectivity index (χ3n) is 5.32. The monoisotopic (exact) mass is 589 g/mol. The fourth-order valence-corrected chi connectivity index (χ4v) is 5.36. The van der Waals surface area contributed by atoms with Crippen molar-refractivity contribution in [2.75, 3.05) is 5.43 Å². The third-order valence-corrected chi connectivity index (χ3v) is 6.59. The first-order chi connectivity index (χ1) is 15.9. The molecule has 3 aromatic heterocycles. The highest BCUT2D eigenvalue weighted by molar-refractivity contribution is 9.11. The number of benzene rings is 1. The molecule has 0 aliphatic heterocycles. The number of fused-ring (bicyclic) bond motifs is 1. The van der Waals surface area contributed by atoms with Crippen LogP contribution in [0.15, 0.2) is 43.7 Å². The number of amides is 1. The Morgan fingerprint density at radius 3 is 2.56 bits per heavy atom. The minimum atomic E-state index is -0.458. The Balaban J connectivity index is 1.47. The smallest absolute Gasteiger partial charge is 0.305 e. The molecular weight excluding hydrogens is 566 g/mol. The second-order valence-corrected chi connectivity index (χ2v) is 10.8. The Labute approximate surface area is 214 Å². The number of aryl methyl sites for hydroxylation is 3. The number of hydrogen-bond donors (Lipinski definition) is 2. The van der Waals surface area contributed by atoms with Gasteiger partial charge in [-0.15, -0.1) is 0 Å². The molecule has 178 valence electrons. The number of nitrogens with zero attached hydrogens (tertiary/aromatic N) is 3. The number of pyridine rings is 1. The van der Waals surface area contributed by atoms with Gasteiger partial charge in [0.2, 0.25) is 0 Å². The van der Waals surface area contributed by atoms with Crippen molar-refractivity contribution in [3.05, 3.63) is 61.9 Å². The van der Waals surface area contributed by atoms with Crippen LogP contribution < -0.4 is 15.6 Å². The van der Waals surface area contributed by atoms with Crippen molar-refractivity contribution >= 4 is 54.6 Å². The summed E-state index contributed by atoms with van der Waals surface area (Å²) in [6.45, 7) is 10.3. The standard InChI is InChI=1S/C24H25Br2N5O3/c1-12-9-19(27-22-21(12)13(2)30-31(22)6)28-29-23(32)17-7-8-20(33-17)34-18-10-14(24(3,4)5)15(25)11-16(18)26/h7-11H,1-6H3,(H,27,28)(H,29,32). The maximum atomic E-state index is 12.6. The van der Waals surface area contributed by atoms with E-state index in [0.29, 0.717) is 11.6 Å². The van der Waals surface area contributed by atoms with Gasteiger partial charge in [0.15, 0.2) is 11.4 Å². The number of nitrogens with one attached hydrogen (secondary N) is 2. The maximum Gasteiger partial charge on any atom is 0.305 e. The Kier molecular flexibility index (Phi) is 6.48. The summed E-state index contributed by atoms with van der Waals surface area (Å²) in [5.74, 6) is 0.931. The zero-order valence-corrected chi connectivity index (χ0v) is 22.9. The average molecular weight is 591 g/mol. The van der Waals surface area contributed by atoms with Crippen molar-refractivity contribution in [1.82, 2.24) is 20.2 Å². The van der Waals surface area contributed by atoms with Crippen LogP contribution in [0.2, 0.25) is 0 Å². The zero-order chi connectivity index (χ0) is 24.8. The summed E-state index contributed by atoms with van der Waals surface area (Å²) in [4.78, 5) is 17.2. The third kappa shape index (κ3) is 4.83. The van der Waals surface area contributed by atoms with Gasteiger partial charge < -0.3 is 9.15 Å². The minimum absolute atomic E-state index is 0.0822. The van der Waals surface area contributed by atoms with Crippen molar-refractivity contribution in [3.8, 4) is 11.7 Å². The predicted molar refractivity (Wildman–Crippen MR) is 138 cm³/mol. The summed E-state index contributed by atoms with van der Waals surface area (Å²) in [6.07, 6.45) is 0. The predicted octanol–water partition coefficient (Wildman–Crippen LogP) is 6.55. The molecule has 8 nitrogen and oxygen atoms in total. The fraction of sp³-hybridized carbons (Fsp3) is 0.292. The van der Waals surface area contributed by atoms with Crippen LogP contribution in [-0.2, 0) is 12.5 Å². The fourth-order valence-electron chi connectivity index (χ4n) is 3.69. The maximum absolute atomic E-state index is 12.6. The van der Waals surface area contributed by atoms with Gasteiger partial charge in [0, 0.05) is 23.0 Å². The molecule has 0 radical (unpaired) electrons. The minimum Gasteiger partial charge on any atom is -0.425 e. The lowest BCUT2D eigenvalue weighted by molar-refractivity contribution is 0.0930. The lowest BCUT2D eigenvalue weighted by Gasteiger charge is -2.22. The molecule has 0 atom stereocenters. The van der Waals surface area contributed by atoms with E-state index in [0.717, 1.165) is 36.8 Å². The Bertz CT molecular complexity index is 1400. The Hall–Kier alpha value is -2.85. The molecule has 2 N–H and O–H groups in total. The molecule has 3 heterocycles. The molecule has 1 aromatic carbocycles. The number of anilines is 1. The molecule has 0 spiro atoms. The summed E-state index contributed by atoms with van der Waals surface area (Å²) >= 11 is 7.13. The van der Waals surface area contributed by atoms with Crippen LogP contribution in [0, 0.1) is 13.8 Å². The van der Waals surface area contributed by atoms with E-state index in [-0.39, 0.29) is 17.1 Å². The van der Waals surface area contributed by atoms with Crippen LogP contribution in [0.1, 0.15) is 48.1 Å². The first-order valence-corrected chi connectivity index (χ1v) is 12.2. The molecule has 10 heteroatoms. The normalized spacial score (nSPS) is 11.6. The van der Waals surface area contributed by atoms with E-state index in [1.165, 1.54) is 0 Å². The van der Waals surface area contributed by atoms with Gasteiger partial charge in [-0.1, -0.05) is 36.7 Å². The molecule has 0 bridgehead atoms. The summed E-state index contributed by atoms with van der Waals surface area (Å²) in [7, 11) is 1.84. The van der Waals surface area contributed by atoms with E-state index in [9.17, 15) is 4.79 Å². The molecule has 0 aliphatic rings. The van der Waals surface area contributed by atoms with Crippen LogP contribution >= 0.6 is 31.9 Å². The molecule has 34 heavy (non-hydrogen) atoms. The van der Waals surface area contributed by atoms with Gasteiger partial charge in [0.25, 0.3) is 5.95 Å². The first-order valence-electron chi connectivity index (χ1n) is 10.6. The second kappa shape index (κ2) is 9.07. The SMILES string of the molecule is Cc1cc(NNC(=O)c2ccc(Oc3cc(C(C)(C)C)c(Br)cc3Br)o2)nc2c1c(C)nn2C. The molecular formula is C24H25Br2N5O3. The molecule has 0 fully saturated rings.